The third-order valence-corrected chi connectivity index (χ3v) is 16.3. The second-order valence-corrected chi connectivity index (χ2v) is 19.9. The first-order chi connectivity index (χ1) is 27.0. The maximum atomic E-state index is 12.2. The lowest BCUT2D eigenvalue weighted by atomic mass is 9.71. The monoisotopic (exact) mass is 829 g/mol. The number of methoxy groups -OCH3 is 4. The van der Waals surface area contributed by atoms with Crippen molar-refractivity contribution in [1.29, 1.82) is 0 Å². The summed E-state index contributed by atoms with van der Waals surface area (Å²) in [4.78, 5) is 12.2. The highest BCUT2D eigenvalue weighted by molar-refractivity contribution is 5.70. The number of aliphatic hydroxyl groups is 2. The fraction of sp³-hybridized carbons (Fsp3) is 0.977. The minimum Gasteiger partial charge on any atom is -0.481 e. The molecule has 0 saturated carbocycles. The molecule has 0 bridgehead atoms. The summed E-state index contributed by atoms with van der Waals surface area (Å²) in [6.07, 6.45) is -0.175. The molecule has 6 aliphatic heterocycles. The van der Waals surface area contributed by atoms with Crippen molar-refractivity contribution < 1.29 is 67.5 Å². The smallest absolute Gasteiger partial charge is 0.311 e. The van der Waals surface area contributed by atoms with E-state index in [1.165, 1.54) is 6.92 Å². The van der Waals surface area contributed by atoms with Crippen LogP contribution in [0.3, 0.4) is 0 Å². The Hall–Kier alpha value is -1.01. The van der Waals surface area contributed by atoms with Crippen molar-refractivity contribution in [3.63, 3.8) is 0 Å². The fourth-order valence-electron chi connectivity index (χ4n) is 12.5. The maximum absolute atomic E-state index is 12.2. The molecular formula is C44H76O14. The van der Waals surface area contributed by atoms with Crippen molar-refractivity contribution in [3.05, 3.63) is 0 Å². The van der Waals surface area contributed by atoms with Crippen molar-refractivity contribution in [3.8, 4) is 0 Å². The lowest BCUT2D eigenvalue weighted by Gasteiger charge is -2.55. The zero-order chi connectivity index (χ0) is 43.1. The van der Waals surface area contributed by atoms with E-state index in [2.05, 4.69) is 34.6 Å². The van der Waals surface area contributed by atoms with Gasteiger partial charge in [-0.25, -0.2) is 0 Å². The third kappa shape index (κ3) is 7.62. The molecule has 3 N–H and O–H groups in total. The lowest BCUT2D eigenvalue weighted by molar-refractivity contribution is -0.366. The summed E-state index contributed by atoms with van der Waals surface area (Å²) < 4.78 is 65.4. The van der Waals surface area contributed by atoms with Crippen LogP contribution >= 0.6 is 0 Å². The van der Waals surface area contributed by atoms with Gasteiger partial charge in [0, 0.05) is 82.7 Å². The molecule has 14 heteroatoms. The molecule has 58 heavy (non-hydrogen) atoms. The Bertz CT molecular complexity index is 1450. The Morgan fingerprint density at radius 2 is 1.28 bits per heavy atom. The van der Waals surface area contributed by atoms with Crippen LogP contribution in [0.1, 0.15) is 108 Å². The summed E-state index contributed by atoms with van der Waals surface area (Å²) in [5.41, 5.74) is -1.32. The van der Waals surface area contributed by atoms with E-state index in [4.69, 9.17) is 47.4 Å². The molecule has 0 aromatic carbocycles. The molecule has 0 amide bonds. The van der Waals surface area contributed by atoms with Gasteiger partial charge in [0.2, 0.25) is 0 Å². The summed E-state index contributed by atoms with van der Waals surface area (Å²) in [5.74, 6) is -8.04. The Morgan fingerprint density at radius 3 is 1.86 bits per heavy atom. The van der Waals surface area contributed by atoms with Gasteiger partial charge in [0.25, 0.3) is 0 Å². The van der Waals surface area contributed by atoms with Gasteiger partial charge in [0.1, 0.15) is 12.0 Å². The van der Waals surface area contributed by atoms with Crippen LogP contribution in [0, 0.1) is 47.3 Å². The van der Waals surface area contributed by atoms with E-state index < -0.39 is 76.9 Å². The van der Waals surface area contributed by atoms with Gasteiger partial charge in [-0.1, -0.05) is 48.5 Å². The van der Waals surface area contributed by atoms with Gasteiger partial charge < -0.3 is 62.7 Å². The van der Waals surface area contributed by atoms with Gasteiger partial charge in [0.15, 0.2) is 17.4 Å². The van der Waals surface area contributed by atoms with Crippen LogP contribution in [0.25, 0.3) is 0 Å². The standard InChI is InChI=1S/C44H76O14/c1-21-29(49-12)20-43(56-31(21)22(2)32-23(3)34(51-14)27(7)44(48,57-32)28(8)39(45)46)19-18-40(9,58-43)30-16-17-41(10,54-30)38-25(5)35(52-15)37(53-38)36-24(4)33(50-13)26(6)42(11,47)55-36/h21-38,47-48H,16-20H2,1-15H3,(H,45,46). The second kappa shape index (κ2) is 16.6. The number of rotatable bonds is 11. The predicted octanol–water partition coefficient (Wildman–Crippen LogP) is 5.17. The van der Waals surface area contributed by atoms with Gasteiger partial charge in [-0.3, -0.25) is 4.79 Å². The molecule has 14 nitrogen and oxygen atoms in total. The minimum atomic E-state index is -1.95. The van der Waals surface area contributed by atoms with E-state index in [1.54, 1.807) is 42.3 Å². The highest BCUT2D eigenvalue weighted by Gasteiger charge is 2.64. The van der Waals surface area contributed by atoms with Crippen molar-refractivity contribution >= 4 is 5.97 Å². The second-order valence-electron chi connectivity index (χ2n) is 19.9. The Balaban J connectivity index is 1.19. The average molecular weight is 829 g/mol. The number of carboxylic acids is 1. The molecule has 6 fully saturated rings. The summed E-state index contributed by atoms with van der Waals surface area (Å²) >= 11 is 0. The molecule has 336 valence electrons. The van der Waals surface area contributed by atoms with Crippen molar-refractivity contribution in [2.75, 3.05) is 28.4 Å². The number of carboxylic acid groups (broad SMARTS) is 1. The molecule has 6 aliphatic rings. The number of hydrogen-bond acceptors (Lipinski definition) is 13. The molecule has 6 rings (SSSR count). The highest BCUT2D eigenvalue weighted by Crippen LogP contribution is 2.55. The molecule has 1 spiro atoms. The van der Waals surface area contributed by atoms with Crippen LogP contribution in [-0.4, -0.2) is 139 Å². The molecule has 0 radical (unpaired) electrons. The Morgan fingerprint density at radius 1 is 0.672 bits per heavy atom. The van der Waals surface area contributed by atoms with Gasteiger partial charge in [-0.2, -0.15) is 0 Å². The van der Waals surface area contributed by atoms with Crippen LogP contribution in [-0.2, 0) is 52.2 Å². The zero-order valence-electron chi connectivity index (χ0n) is 37.8. The number of ether oxygens (including phenoxy) is 10. The average Bonchev–Trinajstić information content (AvgIpc) is 3.85. The molecule has 0 aromatic heterocycles. The molecule has 0 aromatic rings. The van der Waals surface area contributed by atoms with Gasteiger partial charge in [0.05, 0.1) is 66.1 Å². The summed E-state index contributed by atoms with van der Waals surface area (Å²) in [6.45, 7) is 21.6. The SMILES string of the molecule is COC1CC2(CCC(C)(C3CCC(C)(C4OC(C5OC(C)(O)C(C)C(OC)C5C)C(OC)C4C)O3)O2)OC(C(C)C2OC(O)(C(C)C(=O)O)C(C)C(OC)C2C)C1C. The third-order valence-electron chi connectivity index (χ3n) is 16.3. The van der Waals surface area contributed by atoms with E-state index in [9.17, 15) is 20.1 Å². The largest absolute Gasteiger partial charge is 0.481 e. The van der Waals surface area contributed by atoms with Gasteiger partial charge in [-0.15, -0.1) is 0 Å². The molecule has 6 heterocycles. The van der Waals surface area contributed by atoms with Crippen LogP contribution in [0.15, 0.2) is 0 Å². The van der Waals surface area contributed by atoms with Crippen LogP contribution < -0.4 is 0 Å². The first-order valence-corrected chi connectivity index (χ1v) is 21.8. The minimum absolute atomic E-state index is 0.0300. The highest BCUT2D eigenvalue weighted by atomic mass is 16.7. The number of hydrogen-bond donors (Lipinski definition) is 3. The van der Waals surface area contributed by atoms with Gasteiger partial charge in [-0.05, 0) is 47.0 Å². The Kier molecular flexibility index (Phi) is 13.3. The molecule has 23 atom stereocenters. The zero-order valence-corrected chi connectivity index (χ0v) is 37.8. The molecule has 6 saturated heterocycles. The van der Waals surface area contributed by atoms with E-state index in [0.29, 0.717) is 19.3 Å². The van der Waals surface area contributed by atoms with Gasteiger partial charge >= 0.3 is 5.97 Å². The summed E-state index contributed by atoms with van der Waals surface area (Å²) in [7, 11) is 6.70. The number of carbonyl (C=O) groups is 1. The van der Waals surface area contributed by atoms with Crippen LogP contribution in [0.2, 0.25) is 0 Å². The first kappa shape index (κ1) is 46.5. The quantitative estimate of drug-likeness (QED) is 0.249. The summed E-state index contributed by atoms with van der Waals surface area (Å²) in [5, 5.41) is 33.1. The molecule has 23 unspecified atom stereocenters. The van der Waals surface area contributed by atoms with Crippen LogP contribution in [0.5, 0.6) is 0 Å². The molecular weight excluding hydrogens is 752 g/mol. The maximum Gasteiger partial charge on any atom is 0.311 e. The van der Waals surface area contributed by atoms with E-state index in [-0.39, 0.29) is 66.0 Å². The number of aliphatic carboxylic acids is 1. The molecule has 0 aliphatic carbocycles. The summed E-state index contributed by atoms with van der Waals surface area (Å²) in [6, 6.07) is 0. The fourth-order valence-corrected chi connectivity index (χ4v) is 12.5. The van der Waals surface area contributed by atoms with Crippen LogP contribution in [0.4, 0.5) is 0 Å². The predicted molar refractivity (Wildman–Crippen MR) is 212 cm³/mol. The van der Waals surface area contributed by atoms with Crippen molar-refractivity contribution in [1.82, 2.24) is 0 Å². The van der Waals surface area contributed by atoms with E-state index in [1.807, 2.05) is 20.8 Å². The normalized spacial score (nSPS) is 54.8. The van der Waals surface area contributed by atoms with E-state index in [0.717, 1.165) is 12.8 Å². The topological polar surface area (TPSA) is 170 Å². The first-order valence-electron chi connectivity index (χ1n) is 21.8. The Labute approximate surface area is 346 Å². The van der Waals surface area contributed by atoms with Crippen molar-refractivity contribution in [2.45, 2.75) is 198 Å². The lowest BCUT2D eigenvalue weighted by Crippen LogP contribution is -2.65. The van der Waals surface area contributed by atoms with E-state index >= 15 is 0 Å². The van der Waals surface area contributed by atoms with Crippen molar-refractivity contribution in [2.24, 2.45) is 47.3 Å².